The van der Waals surface area contributed by atoms with Gasteiger partial charge in [0.15, 0.2) is 0 Å². The summed E-state index contributed by atoms with van der Waals surface area (Å²) in [4.78, 5) is 2.67. The molecule has 0 unspecified atom stereocenters. The molecule has 16 heavy (non-hydrogen) atoms. The molecule has 3 aliphatic rings. The van der Waals surface area contributed by atoms with Gasteiger partial charge in [-0.25, -0.2) is 0 Å². The van der Waals surface area contributed by atoms with Gasteiger partial charge in [0.1, 0.15) is 0 Å². The average Bonchev–Trinajstić information content (AvgIpc) is 2.28. The summed E-state index contributed by atoms with van der Waals surface area (Å²) >= 11 is 0. The normalized spacial score (nSPS) is 33.6. The summed E-state index contributed by atoms with van der Waals surface area (Å²) in [5.74, 6) is 0. The van der Waals surface area contributed by atoms with Crippen molar-refractivity contribution < 1.29 is 4.74 Å². The van der Waals surface area contributed by atoms with E-state index < -0.39 is 0 Å². The van der Waals surface area contributed by atoms with Crippen LogP contribution in [0, 0.1) is 5.41 Å². The van der Waals surface area contributed by atoms with Crippen molar-refractivity contribution in [1.29, 1.82) is 0 Å². The third-order valence-electron chi connectivity index (χ3n) is 5.08. The van der Waals surface area contributed by atoms with Gasteiger partial charge < -0.3 is 10.1 Å². The fourth-order valence-electron chi connectivity index (χ4n) is 3.56. The van der Waals surface area contributed by atoms with Crippen molar-refractivity contribution in [3.63, 3.8) is 0 Å². The molecule has 0 saturated carbocycles. The van der Waals surface area contributed by atoms with Crippen molar-refractivity contribution in [3.05, 3.63) is 0 Å². The van der Waals surface area contributed by atoms with E-state index in [4.69, 9.17) is 4.74 Å². The summed E-state index contributed by atoms with van der Waals surface area (Å²) in [6.45, 7) is 9.31. The summed E-state index contributed by atoms with van der Waals surface area (Å²) in [7, 11) is 0. The maximum absolute atomic E-state index is 5.38. The van der Waals surface area contributed by atoms with Gasteiger partial charge in [-0.15, -0.1) is 0 Å². The van der Waals surface area contributed by atoms with E-state index in [0.29, 0.717) is 11.0 Å². The number of nitrogens with zero attached hydrogens (tertiary/aromatic N) is 1. The van der Waals surface area contributed by atoms with Crippen molar-refractivity contribution in [2.45, 2.75) is 38.1 Å². The third kappa shape index (κ3) is 1.79. The summed E-state index contributed by atoms with van der Waals surface area (Å²) in [5, 5.41) is 3.49. The molecule has 0 bridgehead atoms. The number of ether oxygens (including phenoxy) is 1. The van der Waals surface area contributed by atoms with Crippen LogP contribution in [0.4, 0.5) is 0 Å². The SMILES string of the molecule is CC1(N2CCC3(CCNCC3)CC2)COC1. The number of nitrogens with one attached hydrogen (secondary N) is 1. The quantitative estimate of drug-likeness (QED) is 0.725. The van der Waals surface area contributed by atoms with Gasteiger partial charge in [-0.1, -0.05) is 0 Å². The standard InChI is InChI=1S/C13H24N2O/c1-12(10-16-11-12)15-8-4-13(5-9-15)2-6-14-7-3-13/h14H,2-11H2,1H3. The maximum Gasteiger partial charge on any atom is 0.0671 e. The van der Waals surface area contributed by atoms with Gasteiger partial charge in [0.05, 0.1) is 18.8 Å². The van der Waals surface area contributed by atoms with Crippen molar-refractivity contribution in [1.82, 2.24) is 10.2 Å². The molecular formula is C13H24N2O. The Bertz CT molecular complexity index is 247. The number of hydrogen-bond acceptors (Lipinski definition) is 3. The predicted molar refractivity (Wildman–Crippen MR) is 64.6 cm³/mol. The van der Waals surface area contributed by atoms with Gasteiger partial charge in [0, 0.05) is 0 Å². The zero-order valence-electron chi connectivity index (χ0n) is 10.4. The van der Waals surface area contributed by atoms with Crippen molar-refractivity contribution in [3.8, 4) is 0 Å². The highest BCUT2D eigenvalue weighted by Gasteiger charge is 2.44. The van der Waals surface area contributed by atoms with E-state index in [1.807, 2.05) is 0 Å². The van der Waals surface area contributed by atoms with E-state index in [0.717, 1.165) is 13.2 Å². The van der Waals surface area contributed by atoms with Crippen LogP contribution in [0.15, 0.2) is 0 Å². The Morgan fingerprint density at radius 1 is 1.00 bits per heavy atom. The van der Waals surface area contributed by atoms with Crippen molar-refractivity contribution >= 4 is 0 Å². The first-order valence-corrected chi connectivity index (χ1v) is 6.76. The second-order valence-corrected chi connectivity index (χ2v) is 6.23. The average molecular weight is 224 g/mol. The molecule has 3 heteroatoms. The number of likely N-dealkylation sites (tertiary alicyclic amines) is 1. The second kappa shape index (κ2) is 3.97. The first kappa shape index (κ1) is 11.0. The molecule has 0 aliphatic carbocycles. The molecule has 3 heterocycles. The second-order valence-electron chi connectivity index (χ2n) is 6.23. The molecule has 0 aromatic heterocycles. The number of hydrogen-bond donors (Lipinski definition) is 1. The highest BCUT2D eigenvalue weighted by molar-refractivity contribution is 4.98. The fourth-order valence-corrected chi connectivity index (χ4v) is 3.56. The molecular weight excluding hydrogens is 200 g/mol. The van der Waals surface area contributed by atoms with Crippen LogP contribution < -0.4 is 5.32 Å². The Morgan fingerprint density at radius 3 is 2.12 bits per heavy atom. The lowest BCUT2D eigenvalue weighted by Crippen LogP contribution is -2.63. The third-order valence-corrected chi connectivity index (χ3v) is 5.08. The van der Waals surface area contributed by atoms with Crippen molar-refractivity contribution in [2.24, 2.45) is 5.41 Å². The maximum atomic E-state index is 5.38. The minimum absolute atomic E-state index is 0.370. The topological polar surface area (TPSA) is 24.5 Å². The van der Waals surface area contributed by atoms with Crippen LogP contribution >= 0.6 is 0 Å². The molecule has 3 fully saturated rings. The lowest BCUT2D eigenvalue weighted by Gasteiger charge is -2.53. The number of piperidine rings is 2. The summed E-state index contributed by atoms with van der Waals surface area (Å²) < 4.78 is 5.38. The van der Waals surface area contributed by atoms with Crippen LogP contribution in [-0.4, -0.2) is 49.8 Å². The Morgan fingerprint density at radius 2 is 1.62 bits per heavy atom. The molecule has 0 atom stereocenters. The Hall–Kier alpha value is -0.120. The van der Waals surface area contributed by atoms with Gasteiger partial charge >= 0.3 is 0 Å². The molecule has 0 aromatic rings. The van der Waals surface area contributed by atoms with Crippen LogP contribution in [0.25, 0.3) is 0 Å². The van der Waals surface area contributed by atoms with Crippen LogP contribution in [0.2, 0.25) is 0 Å². The minimum Gasteiger partial charge on any atom is -0.377 e. The zero-order chi connectivity index (χ0) is 11.1. The fraction of sp³-hybridized carbons (Fsp3) is 1.00. The molecule has 3 saturated heterocycles. The molecule has 1 spiro atoms. The van der Waals surface area contributed by atoms with E-state index in [2.05, 4.69) is 17.1 Å². The molecule has 0 amide bonds. The summed E-state index contributed by atoms with van der Waals surface area (Å²) in [6, 6.07) is 0. The molecule has 1 N–H and O–H groups in total. The van der Waals surface area contributed by atoms with E-state index in [1.54, 1.807) is 0 Å². The van der Waals surface area contributed by atoms with Crippen LogP contribution in [0.5, 0.6) is 0 Å². The molecule has 0 aromatic carbocycles. The zero-order valence-corrected chi connectivity index (χ0v) is 10.4. The Balaban J connectivity index is 1.58. The van der Waals surface area contributed by atoms with Crippen molar-refractivity contribution in [2.75, 3.05) is 39.4 Å². The first-order chi connectivity index (χ1) is 7.73. The highest BCUT2D eigenvalue weighted by atomic mass is 16.5. The lowest BCUT2D eigenvalue weighted by molar-refractivity contribution is -0.144. The predicted octanol–water partition coefficient (Wildman–Crippen LogP) is 1.24. The molecule has 92 valence electrons. The van der Waals surface area contributed by atoms with E-state index in [1.165, 1.54) is 51.9 Å². The van der Waals surface area contributed by atoms with E-state index in [-0.39, 0.29) is 0 Å². The smallest absolute Gasteiger partial charge is 0.0671 e. The highest BCUT2D eigenvalue weighted by Crippen LogP contribution is 2.41. The molecule has 3 nitrogen and oxygen atoms in total. The Labute approximate surface area is 98.5 Å². The van der Waals surface area contributed by atoms with E-state index >= 15 is 0 Å². The van der Waals surface area contributed by atoms with Gasteiger partial charge in [-0.05, 0) is 64.2 Å². The monoisotopic (exact) mass is 224 g/mol. The van der Waals surface area contributed by atoms with Gasteiger partial charge in [-0.2, -0.15) is 0 Å². The molecule has 3 rings (SSSR count). The van der Waals surface area contributed by atoms with Crippen LogP contribution in [-0.2, 0) is 4.74 Å². The number of rotatable bonds is 1. The van der Waals surface area contributed by atoms with Gasteiger partial charge in [0.25, 0.3) is 0 Å². The lowest BCUT2D eigenvalue weighted by atomic mass is 9.71. The minimum atomic E-state index is 0.370. The molecule has 0 radical (unpaired) electrons. The van der Waals surface area contributed by atoms with Gasteiger partial charge in [0.2, 0.25) is 0 Å². The Kier molecular flexibility index (Phi) is 2.73. The van der Waals surface area contributed by atoms with Crippen LogP contribution in [0.3, 0.4) is 0 Å². The summed E-state index contributed by atoms with van der Waals surface area (Å²) in [5.41, 5.74) is 1.05. The van der Waals surface area contributed by atoms with Crippen LogP contribution in [0.1, 0.15) is 32.6 Å². The van der Waals surface area contributed by atoms with E-state index in [9.17, 15) is 0 Å². The summed E-state index contributed by atoms with van der Waals surface area (Å²) in [6.07, 6.45) is 5.61. The largest absolute Gasteiger partial charge is 0.377 e. The van der Waals surface area contributed by atoms with Gasteiger partial charge in [-0.3, -0.25) is 4.90 Å². The molecule has 3 aliphatic heterocycles. The first-order valence-electron chi connectivity index (χ1n) is 6.76.